The largest absolute Gasteiger partial charge is 0.350 e. The molecule has 0 aromatic heterocycles. The molecular weight excluding hydrogens is 246 g/mol. The van der Waals surface area contributed by atoms with Crippen LogP contribution in [0.5, 0.6) is 0 Å². The molecule has 0 radical (unpaired) electrons. The number of carbonyl (C=O) groups excluding carboxylic acids is 1. The minimum atomic E-state index is -0.0188. The minimum Gasteiger partial charge on any atom is -0.350 e. The van der Waals surface area contributed by atoms with Gasteiger partial charge in [-0.15, -0.1) is 0 Å². The van der Waals surface area contributed by atoms with E-state index in [1.807, 2.05) is 0 Å². The Bertz CT molecular complexity index is 361. The quantitative estimate of drug-likeness (QED) is 0.728. The topological polar surface area (TPSA) is 29.1 Å². The van der Waals surface area contributed by atoms with Crippen LogP contribution in [-0.4, -0.2) is 11.9 Å². The summed E-state index contributed by atoms with van der Waals surface area (Å²) in [5.41, 5.74) is 0.666. The maximum Gasteiger partial charge on any atom is 0.251 e. The van der Waals surface area contributed by atoms with Crippen LogP contribution in [0.4, 0.5) is 0 Å². The van der Waals surface area contributed by atoms with Crippen molar-refractivity contribution in [3.05, 3.63) is 34.9 Å². The summed E-state index contributed by atoms with van der Waals surface area (Å²) < 4.78 is 0. The summed E-state index contributed by atoms with van der Waals surface area (Å²) in [7, 11) is 0. The van der Waals surface area contributed by atoms with Gasteiger partial charge in [0.1, 0.15) is 0 Å². The van der Waals surface area contributed by atoms with E-state index in [9.17, 15) is 4.79 Å². The Hall–Kier alpha value is -1.02. The Morgan fingerprint density at radius 3 is 2.50 bits per heavy atom. The summed E-state index contributed by atoms with van der Waals surface area (Å²) >= 11 is 5.79. The van der Waals surface area contributed by atoms with E-state index in [0.717, 1.165) is 6.42 Å². The Morgan fingerprint density at radius 2 is 1.89 bits per heavy atom. The molecule has 3 heteroatoms. The van der Waals surface area contributed by atoms with Crippen molar-refractivity contribution in [1.29, 1.82) is 0 Å². The summed E-state index contributed by atoms with van der Waals surface area (Å²) in [6.07, 6.45) is 5.98. The molecule has 18 heavy (non-hydrogen) atoms. The van der Waals surface area contributed by atoms with E-state index >= 15 is 0 Å². The first kappa shape index (κ1) is 15.0. The molecule has 2 nitrogen and oxygen atoms in total. The van der Waals surface area contributed by atoms with Crippen molar-refractivity contribution in [2.24, 2.45) is 0 Å². The molecule has 1 aromatic rings. The standard InChI is InChI=1S/C15H22ClNO/c1-3-4-5-6-7-12(2)17-15(18)13-8-10-14(16)11-9-13/h8-12H,3-7H2,1-2H3,(H,17,18)/t12-/m0/s1. The monoisotopic (exact) mass is 267 g/mol. The molecule has 0 aliphatic carbocycles. The average Bonchev–Trinajstić information content (AvgIpc) is 2.35. The van der Waals surface area contributed by atoms with Crippen LogP contribution in [0, 0.1) is 0 Å². The number of halogens is 1. The van der Waals surface area contributed by atoms with Crippen LogP contribution in [-0.2, 0) is 0 Å². The number of hydrogen-bond donors (Lipinski definition) is 1. The van der Waals surface area contributed by atoms with Gasteiger partial charge in [0, 0.05) is 16.6 Å². The van der Waals surface area contributed by atoms with Crippen LogP contribution in [0.25, 0.3) is 0 Å². The van der Waals surface area contributed by atoms with Gasteiger partial charge in [0.2, 0.25) is 0 Å². The smallest absolute Gasteiger partial charge is 0.251 e. The number of unbranched alkanes of at least 4 members (excludes halogenated alkanes) is 3. The number of carbonyl (C=O) groups is 1. The predicted octanol–water partition coefficient (Wildman–Crippen LogP) is 4.43. The summed E-state index contributed by atoms with van der Waals surface area (Å²) in [4.78, 5) is 11.9. The zero-order valence-corrected chi connectivity index (χ0v) is 12.0. The van der Waals surface area contributed by atoms with Gasteiger partial charge in [-0.3, -0.25) is 4.79 Å². The molecule has 1 atom stereocenters. The fourth-order valence-electron chi connectivity index (χ4n) is 1.86. The van der Waals surface area contributed by atoms with E-state index in [0.29, 0.717) is 10.6 Å². The van der Waals surface area contributed by atoms with Crippen molar-refractivity contribution in [2.75, 3.05) is 0 Å². The van der Waals surface area contributed by atoms with Gasteiger partial charge in [0.25, 0.3) is 5.91 Å². The highest BCUT2D eigenvalue weighted by molar-refractivity contribution is 6.30. The van der Waals surface area contributed by atoms with E-state index in [-0.39, 0.29) is 11.9 Å². The van der Waals surface area contributed by atoms with Crippen LogP contribution in [0.2, 0.25) is 5.02 Å². The zero-order valence-electron chi connectivity index (χ0n) is 11.2. The molecule has 0 aliphatic rings. The molecule has 0 saturated heterocycles. The number of amides is 1. The summed E-state index contributed by atoms with van der Waals surface area (Å²) in [6.45, 7) is 4.26. The lowest BCUT2D eigenvalue weighted by Gasteiger charge is -2.13. The predicted molar refractivity (Wildman–Crippen MR) is 77.1 cm³/mol. The molecule has 1 N–H and O–H groups in total. The maximum absolute atomic E-state index is 11.9. The lowest BCUT2D eigenvalue weighted by Crippen LogP contribution is -2.32. The fraction of sp³-hybridized carbons (Fsp3) is 0.533. The van der Waals surface area contributed by atoms with Crippen molar-refractivity contribution in [2.45, 2.75) is 52.0 Å². The lowest BCUT2D eigenvalue weighted by atomic mass is 10.1. The van der Waals surface area contributed by atoms with E-state index < -0.39 is 0 Å². The third kappa shape index (κ3) is 5.54. The van der Waals surface area contributed by atoms with Gasteiger partial charge in [-0.2, -0.15) is 0 Å². The molecule has 1 amide bonds. The molecule has 1 aromatic carbocycles. The van der Waals surface area contributed by atoms with Gasteiger partial charge >= 0.3 is 0 Å². The second-order valence-corrected chi connectivity index (χ2v) is 5.17. The van der Waals surface area contributed by atoms with Gasteiger partial charge in [-0.25, -0.2) is 0 Å². The Morgan fingerprint density at radius 1 is 1.22 bits per heavy atom. The second-order valence-electron chi connectivity index (χ2n) is 4.73. The number of rotatable bonds is 7. The van der Waals surface area contributed by atoms with Crippen molar-refractivity contribution in [3.8, 4) is 0 Å². The van der Waals surface area contributed by atoms with E-state index in [1.165, 1.54) is 25.7 Å². The number of nitrogens with one attached hydrogen (secondary N) is 1. The van der Waals surface area contributed by atoms with E-state index in [1.54, 1.807) is 24.3 Å². The Kier molecular flexibility index (Phi) is 6.81. The van der Waals surface area contributed by atoms with Gasteiger partial charge in [0.05, 0.1) is 0 Å². The first-order chi connectivity index (χ1) is 8.63. The lowest BCUT2D eigenvalue weighted by molar-refractivity contribution is 0.0938. The molecule has 100 valence electrons. The maximum atomic E-state index is 11.9. The Balaban J connectivity index is 2.33. The van der Waals surface area contributed by atoms with Crippen molar-refractivity contribution < 1.29 is 4.79 Å². The van der Waals surface area contributed by atoms with Crippen LogP contribution in [0.3, 0.4) is 0 Å². The van der Waals surface area contributed by atoms with Gasteiger partial charge in [-0.05, 0) is 37.6 Å². The summed E-state index contributed by atoms with van der Waals surface area (Å²) in [6, 6.07) is 7.21. The highest BCUT2D eigenvalue weighted by Gasteiger charge is 2.09. The molecule has 0 heterocycles. The third-order valence-corrected chi connectivity index (χ3v) is 3.23. The van der Waals surface area contributed by atoms with Gasteiger partial charge < -0.3 is 5.32 Å². The van der Waals surface area contributed by atoms with E-state index in [4.69, 9.17) is 11.6 Å². The highest BCUT2D eigenvalue weighted by atomic mass is 35.5. The molecule has 0 fully saturated rings. The molecule has 0 unspecified atom stereocenters. The summed E-state index contributed by atoms with van der Waals surface area (Å²) in [5, 5.41) is 3.66. The average molecular weight is 268 g/mol. The fourth-order valence-corrected chi connectivity index (χ4v) is 1.98. The van der Waals surface area contributed by atoms with Crippen LogP contribution in [0.1, 0.15) is 56.3 Å². The molecular formula is C15H22ClNO. The van der Waals surface area contributed by atoms with Crippen LogP contribution in [0.15, 0.2) is 24.3 Å². The van der Waals surface area contributed by atoms with Gasteiger partial charge in [-0.1, -0.05) is 44.2 Å². The summed E-state index contributed by atoms with van der Waals surface area (Å²) in [5.74, 6) is -0.0188. The highest BCUT2D eigenvalue weighted by Crippen LogP contribution is 2.10. The van der Waals surface area contributed by atoms with E-state index in [2.05, 4.69) is 19.2 Å². The van der Waals surface area contributed by atoms with Crippen molar-refractivity contribution >= 4 is 17.5 Å². The molecule has 1 rings (SSSR count). The normalized spacial score (nSPS) is 12.2. The first-order valence-electron chi connectivity index (χ1n) is 6.70. The van der Waals surface area contributed by atoms with Crippen molar-refractivity contribution in [3.63, 3.8) is 0 Å². The molecule has 0 saturated carbocycles. The van der Waals surface area contributed by atoms with Crippen LogP contribution < -0.4 is 5.32 Å². The van der Waals surface area contributed by atoms with Gasteiger partial charge in [0.15, 0.2) is 0 Å². The minimum absolute atomic E-state index is 0.0188. The SMILES string of the molecule is CCCCCC[C@H](C)NC(=O)c1ccc(Cl)cc1. The molecule has 0 aliphatic heterocycles. The third-order valence-electron chi connectivity index (χ3n) is 2.97. The molecule has 0 spiro atoms. The second kappa shape index (κ2) is 8.15. The zero-order chi connectivity index (χ0) is 13.4. The first-order valence-corrected chi connectivity index (χ1v) is 7.07. The van der Waals surface area contributed by atoms with Crippen molar-refractivity contribution in [1.82, 2.24) is 5.32 Å². The number of benzene rings is 1. The molecule has 0 bridgehead atoms. The van der Waals surface area contributed by atoms with Crippen LogP contribution >= 0.6 is 11.6 Å². The Labute approximate surface area is 115 Å². The number of hydrogen-bond acceptors (Lipinski definition) is 1.